The molecule has 0 fully saturated rings. The molecule has 8 aliphatic rings. The van der Waals surface area contributed by atoms with E-state index >= 15 is 0 Å². The highest BCUT2D eigenvalue weighted by atomic mass is 32.2. The third-order valence-corrected chi connectivity index (χ3v) is 34.7. The fourth-order valence-electron chi connectivity index (χ4n) is 25.0. The van der Waals surface area contributed by atoms with Gasteiger partial charge in [-0.05, 0) is 284 Å². The number of nitrogens with zero attached hydrogens (tertiary/aromatic N) is 2. The van der Waals surface area contributed by atoms with Crippen molar-refractivity contribution in [3.63, 3.8) is 0 Å². The Morgan fingerprint density at radius 2 is 0.462 bits per heavy atom. The normalized spacial score (nSPS) is 15.7. The molecule has 20 aromatic carbocycles. The number of para-hydroxylation sites is 2. The molecule has 132 heavy (non-hydrogen) atoms. The van der Waals surface area contributed by atoms with E-state index in [1.165, 1.54) is 173 Å². The van der Waals surface area contributed by atoms with Crippen LogP contribution in [0.1, 0.15) is 89.0 Å². The first kappa shape index (κ1) is 73.9. The second-order valence-electron chi connectivity index (χ2n) is 36.1. The summed E-state index contributed by atoms with van der Waals surface area (Å²) in [4.78, 5) is 15.2. The van der Waals surface area contributed by atoms with Gasteiger partial charge in [-0.2, -0.15) is 0 Å². The lowest BCUT2D eigenvalue weighted by Gasteiger charge is -2.40. The van der Waals surface area contributed by atoms with Crippen LogP contribution >= 0.6 is 47.0 Å². The number of fused-ring (bicyclic) bond motifs is 42. The molecule has 4 nitrogen and oxygen atoms in total. The fourth-order valence-corrected chi connectivity index (χ4v) is 29.8. The minimum atomic E-state index is -0.715. The van der Waals surface area contributed by atoms with Gasteiger partial charge in [0.05, 0.1) is 27.3 Å². The first-order valence-electron chi connectivity index (χ1n) is 45.4. The van der Waals surface area contributed by atoms with E-state index in [4.69, 9.17) is 8.83 Å². The van der Waals surface area contributed by atoms with Gasteiger partial charge in [-0.3, -0.25) is 0 Å². The van der Waals surface area contributed by atoms with Crippen LogP contribution in [-0.4, -0.2) is 0 Å². The molecule has 0 saturated carbocycles. The number of hydrogen-bond acceptors (Lipinski definition) is 8. The first-order chi connectivity index (χ1) is 65.4. The molecule has 4 aliphatic heterocycles. The quantitative estimate of drug-likeness (QED) is 0.156. The summed E-state index contributed by atoms with van der Waals surface area (Å²) in [5.41, 5.74) is 40.0. The monoisotopic (exact) mass is 1750 g/mol. The molecule has 1 atom stereocenters. The Bertz CT molecular complexity index is 8760. The molecule has 30 rings (SSSR count). The highest BCUT2D eigenvalue weighted by Crippen LogP contribution is 2.69. The van der Waals surface area contributed by atoms with Crippen molar-refractivity contribution < 1.29 is 8.83 Å². The van der Waals surface area contributed by atoms with Gasteiger partial charge in [-0.1, -0.05) is 344 Å². The molecule has 1 unspecified atom stereocenters. The van der Waals surface area contributed by atoms with E-state index < -0.39 is 21.7 Å². The van der Waals surface area contributed by atoms with Gasteiger partial charge < -0.3 is 18.6 Å². The standard InChI is InChI=1S/C124H72N2O2S4/c1-6-32-92-80(26-1)85-60-55-79(72-107(85)123(92)102-40-14-22-49-116(102)131-117-50-23-15-41-103(117)123)126(77-57-63-97-89(69-77)83-29-4-9-35-95(83)122(97)100-38-12-20-47-114(100)130-115-48-21-13-39-101(115)122)108-43-25-31-87-90-66-73(53-64-111(90)128-120(87)108)74-52-61-105-119(67-74)132-118-51-24-16-42-104(118)124(105)93-33-7-2-27-81(93)84-59-54-78(71-106(84)124)125(76-58-65-110-91(70-76)86-30-5-17-44-109(86)127-110)75-56-62-96-88(68-75)82-28-3-8-34-94(82)121(96)98-36-10-18-45-112(98)129-113-46-19-11-37-99(113)121/h1-72H. The molecule has 0 bridgehead atoms. The number of furan rings is 2. The summed E-state index contributed by atoms with van der Waals surface area (Å²) in [6.45, 7) is 0. The molecule has 8 heteroatoms. The van der Waals surface area contributed by atoms with E-state index in [0.29, 0.717) is 0 Å². The lowest BCUT2D eigenvalue weighted by Crippen LogP contribution is -2.32. The summed E-state index contributed by atoms with van der Waals surface area (Å²) in [5.74, 6) is 0. The summed E-state index contributed by atoms with van der Waals surface area (Å²) in [6, 6.07) is 166. The molecular weight excluding hydrogens is 1680 g/mol. The lowest BCUT2D eigenvalue weighted by atomic mass is 9.67. The van der Waals surface area contributed by atoms with E-state index in [-0.39, 0.29) is 0 Å². The van der Waals surface area contributed by atoms with Gasteiger partial charge >= 0.3 is 0 Å². The Kier molecular flexibility index (Phi) is 15.3. The van der Waals surface area contributed by atoms with Crippen LogP contribution in [0.4, 0.5) is 34.1 Å². The minimum Gasteiger partial charge on any atom is -0.456 e. The van der Waals surface area contributed by atoms with Crippen LogP contribution in [-0.2, 0) is 21.7 Å². The largest absolute Gasteiger partial charge is 0.456 e. The van der Waals surface area contributed by atoms with Crippen molar-refractivity contribution >= 4 is 125 Å². The Balaban J connectivity index is 0.589. The van der Waals surface area contributed by atoms with Gasteiger partial charge in [-0.25, -0.2) is 0 Å². The number of hydrogen-bond donors (Lipinski definition) is 0. The first-order valence-corrected chi connectivity index (χ1v) is 48.6. The van der Waals surface area contributed by atoms with Crippen LogP contribution in [0.15, 0.2) is 485 Å². The maximum absolute atomic E-state index is 7.56. The van der Waals surface area contributed by atoms with Crippen molar-refractivity contribution in [2.75, 3.05) is 9.80 Å². The van der Waals surface area contributed by atoms with Gasteiger partial charge in [0.15, 0.2) is 5.58 Å². The van der Waals surface area contributed by atoms with Gasteiger partial charge in [-0.15, -0.1) is 0 Å². The van der Waals surface area contributed by atoms with Crippen LogP contribution < -0.4 is 9.80 Å². The number of benzene rings is 20. The van der Waals surface area contributed by atoms with Crippen LogP contribution in [0, 0.1) is 0 Å². The van der Waals surface area contributed by atoms with Gasteiger partial charge in [0.1, 0.15) is 16.7 Å². The van der Waals surface area contributed by atoms with Crippen molar-refractivity contribution in [3.05, 3.63) is 526 Å². The van der Waals surface area contributed by atoms with Gasteiger partial charge in [0.25, 0.3) is 0 Å². The molecule has 0 N–H and O–H groups in total. The van der Waals surface area contributed by atoms with E-state index in [9.17, 15) is 0 Å². The summed E-state index contributed by atoms with van der Waals surface area (Å²) in [7, 11) is 0. The highest BCUT2D eigenvalue weighted by Gasteiger charge is 2.56. The zero-order valence-electron chi connectivity index (χ0n) is 70.9. The molecular formula is C124H72N2O2S4. The molecule has 0 saturated heterocycles. The molecule has 614 valence electrons. The maximum Gasteiger partial charge on any atom is 0.159 e. The van der Waals surface area contributed by atoms with Crippen LogP contribution in [0.25, 0.3) is 99.5 Å². The van der Waals surface area contributed by atoms with Gasteiger partial charge in [0.2, 0.25) is 0 Å². The summed E-state index contributed by atoms with van der Waals surface area (Å²) >= 11 is 7.53. The number of rotatable bonds is 7. The van der Waals surface area contributed by atoms with E-state index in [1.807, 2.05) is 47.0 Å². The summed E-state index contributed by atoms with van der Waals surface area (Å²) < 4.78 is 14.2. The second-order valence-corrected chi connectivity index (χ2v) is 40.4. The van der Waals surface area contributed by atoms with E-state index in [0.717, 1.165) is 89.1 Å². The summed E-state index contributed by atoms with van der Waals surface area (Å²) in [6.07, 6.45) is 0. The Labute approximate surface area is 779 Å². The smallest absolute Gasteiger partial charge is 0.159 e. The van der Waals surface area contributed by atoms with E-state index in [1.54, 1.807) is 0 Å². The zero-order valence-corrected chi connectivity index (χ0v) is 74.2. The SMILES string of the molecule is c1ccc2c(c1)Sc1ccccc1C21c2ccccc2-c2cc(N(c3ccc4c(c3)C3(c5ccccc5Sc5cc(-c6ccc7oc8c(N(c9ccc%10c(c9)-c9ccccc9C%109c%10ccccc%10Sc%10ccccc%109)c9ccc%10c(c9)C9(c%11ccccc%11Sc%11ccccc%119)c9ccccc9-%10)cccc8c7c6)ccc53)c3ccccc3-4)c3ccc4oc5ccccc5c4c3)ccc21. The number of anilines is 6. The molecule has 0 radical (unpaired) electrons. The predicted molar refractivity (Wildman–Crippen MR) is 542 cm³/mol. The molecule has 4 spiro atoms. The second kappa shape index (κ2) is 27.3. The summed E-state index contributed by atoms with van der Waals surface area (Å²) in [5, 5.41) is 4.26. The van der Waals surface area contributed by atoms with Crippen molar-refractivity contribution in [3.8, 4) is 55.6 Å². The average molecular weight is 1750 g/mol. The molecule has 2 aromatic heterocycles. The molecule has 0 amide bonds. The predicted octanol–water partition coefficient (Wildman–Crippen LogP) is 33.4. The van der Waals surface area contributed by atoms with Crippen molar-refractivity contribution in [2.24, 2.45) is 0 Å². The zero-order chi connectivity index (χ0) is 86.0. The maximum atomic E-state index is 7.56. The van der Waals surface area contributed by atoms with Crippen LogP contribution in [0.5, 0.6) is 0 Å². The Morgan fingerprint density at radius 3 is 0.947 bits per heavy atom. The minimum absolute atomic E-state index is 0.523. The topological polar surface area (TPSA) is 32.8 Å². The van der Waals surface area contributed by atoms with Gasteiger partial charge in [0, 0.05) is 89.1 Å². The molecule has 4 aliphatic carbocycles. The Hall–Kier alpha value is -15.0. The third-order valence-electron chi connectivity index (χ3n) is 30.1. The van der Waals surface area contributed by atoms with Crippen LogP contribution in [0.3, 0.4) is 0 Å². The van der Waals surface area contributed by atoms with Crippen molar-refractivity contribution in [2.45, 2.75) is 60.8 Å². The third kappa shape index (κ3) is 9.63. The van der Waals surface area contributed by atoms with Crippen molar-refractivity contribution in [1.29, 1.82) is 0 Å². The molecule has 22 aromatic rings. The highest BCUT2D eigenvalue weighted by molar-refractivity contribution is 8.00. The van der Waals surface area contributed by atoms with E-state index in [2.05, 4.69) is 447 Å². The van der Waals surface area contributed by atoms with Crippen LogP contribution in [0.2, 0.25) is 0 Å². The lowest BCUT2D eigenvalue weighted by molar-refractivity contribution is 0.668. The average Bonchev–Trinajstić information content (AvgIpc) is 1.50. The van der Waals surface area contributed by atoms with Crippen molar-refractivity contribution in [1.82, 2.24) is 0 Å². The Morgan fingerprint density at radius 1 is 0.167 bits per heavy atom. The molecule has 6 heterocycles. The fraction of sp³-hybridized carbons (Fsp3) is 0.0323.